The average Bonchev–Trinajstić information content (AvgIpc) is 3.08. The number of carbonyl (C=O) groups is 2. The Morgan fingerprint density at radius 1 is 0.706 bits per heavy atom. The largest absolute Gasteiger partial charge is 0.462 e. The molecule has 3 nitrogen and oxygen atoms in total. The van der Waals surface area contributed by atoms with Crippen molar-refractivity contribution in [1.82, 2.24) is 0 Å². The molecule has 5 aliphatic rings. The van der Waals surface area contributed by atoms with Gasteiger partial charge in [0.05, 0.1) is 0 Å². The second kappa shape index (κ2) is 7.58. The Hall–Kier alpha value is -0.860. The molecule has 0 spiro atoms. The number of hydrogen-bond donors (Lipinski definition) is 0. The second-order valence-electron chi connectivity index (χ2n) is 15.1. The number of rotatable bonds is 2. The number of ether oxygens (including phenoxy) is 1. The topological polar surface area (TPSA) is 43.4 Å². The van der Waals surface area contributed by atoms with Gasteiger partial charge in [-0.05, 0) is 116 Å². The summed E-state index contributed by atoms with van der Waals surface area (Å²) in [5.41, 5.74) is 1.35. The Morgan fingerprint density at radius 2 is 1.41 bits per heavy atom. The third-order valence-corrected chi connectivity index (χ3v) is 13.6. The highest BCUT2D eigenvalue weighted by Crippen LogP contribution is 2.77. The zero-order valence-electron chi connectivity index (χ0n) is 23.3. The maximum atomic E-state index is 12.8. The molecule has 10 atom stereocenters. The van der Waals surface area contributed by atoms with Gasteiger partial charge in [-0.15, -0.1) is 0 Å². The summed E-state index contributed by atoms with van der Waals surface area (Å²) in [5, 5.41) is 0. The number of fused-ring (bicyclic) bond motifs is 7. The minimum Gasteiger partial charge on any atom is -0.462 e. The first kappa shape index (κ1) is 24.8. The van der Waals surface area contributed by atoms with Crippen LogP contribution in [0.3, 0.4) is 0 Å². The van der Waals surface area contributed by atoms with Crippen LogP contribution in [0.5, 0.6) is 0 Å². The van der Waals surface area contributed by atoms with Crippen LogP contribution in [0.15, 0.2) is 0 Å². The minimum absolute atomic E-state index is 0.0219. The number of esters is 1. The lowest BCUT2D eigenvalue weighted by atomic mass is 9.32. The van der Waals surface area contributed by atoms with E-state index in [2.05, 4.69) is 41.5 Å². The first-order valence-corrected chi connectivity index (χ1v) is 14.4. The highest BCUT2D eigenvalue weighted by atomic mass is 16.5. The van der Waals surface area contributed by atoms with Crippen LogP contribution in [0.25, 0.3) is 0 Å². The van der Waals surface area contributed by atoms with Gasteiger partial charge in [0.1, 0.15) is 11.9 Å². The summed E-state index contributed by atoms with van der Waals surface area (Å²) in [6, 6.07) is 0. The summed E-state index contributed by atoms with van der Waals surface area (Å²) in [7, 11) is 0. The van der Waals surface area contributed by atoms with E-state index in [4.69, 9.17) is 4.74 Å². The fourth-order valence-corrected chi connectivity index (χ4v) is 11.8. The molecule has 0 aromatic carbocycles. The van der Waals surface area contributed by atoms with Gasteiger partial charge in [0.25, 0.3) is 0 Å². The molecule has 5 saturated carbocycles. The minimum atomic E-state index is -0.128. The molecule has 0 aromatic heterocycles. The monoisotopic (exact) mass is 470 g/mol. The number of ketones is 1. The van der Waals surface area contributed by atoms with Crippen molar-refractivity contribution in [2.75, 3.05) is 0 Å². The van der Waals surface area contributed by atoms with Gasteiger partial charge in [0.2, 0.25) is 0 Å². The number of carbonyl (C=O) groups excluding carboxylic acids is 2. The Balaban J connectivity index is 1.50. The molecule has 5 aliphatic carbocycles. The summed E-state index contributed by atoms with van der Waals surface area (Å²) in [5.74, 6) is 3.21. The normalized spacial score (nSPS) is 53.6. The van der Waals surface area contributed by atoms with Gasteiger partial charge in [-0.25, -0.2) is 0 Å². The third kappa shape index (κ3) is 3.06. The molecule has 5 rings (SSSR count). The van der Waals surface area contributed by atoms with Crippen molar-refractivity contribution in [2.45, 2.75) is 126 Å². The lowest BCUT2D eigenvalue weighted by Crippen LogP contribution is -2.66. The van der Waals surface area contributed by atoms with Crippen LogP contribution in [-0.2, 0) is 14.3 Å². The zero-order chi connectivity index (χ0) is 24.9. The molecule has 0 aliphatic heterocycles. The van der Waals surface area contributed by atoms with Gasteiger partial charge < -0.3 is 4.74 Å². The van der Waals surface area contributed by atoms with Crippen LogP contribution in [0, 0.1) is 56.7 Å². The van der Waals surface area contributed by atoms with Crippen molar-refractivity contribution in [1.29, 1.82) is 0 Å². The molecule has 0 N–H and O–H groups in total. The first-order chi connectivity index (χ1) is 15.7. The lowest BCUT2D eigenvalue weighted by Gasteiger charge is -2.72. The molecule has 192 valence electrons. The van der Waals surface area contributed by atoms with E-state index in [1.54, 1.807) is 6.92 Å². The summed E-state index contributed by atoms with van der Waals surface area (Å²) in [6.07, 6.45) is 12.4. The molecule has 3 heteroatoms. The molecular weight excluding hydrogens is 420 g/mol. The molecule has 5 fully saturated rings. The fourth-order valence-electron chi connectivity index (χ4n) is 11.8. The van der Waals surface area contributed by atoms with Crippen molar-refractivity contribution in [3.8, 4) is 0 Å². The van der Waals surface area contributed by atoms with Gasteiger partial charge >= 0.3 is 5.97 Å². The van der Waals surface area contributed by atoms with Crippen LogP contribution in [0.2, 0.25) is 0 Å². The van der Waals surface area contributed by atoms with Gasteiger partial charge in [0.15, 0.2) is 0 Å². The predicted molar refractivity (Wildman–Crippen MR) is 136 cm³/mol. The summed E-state index contributed by atoms with van der Waals surface area (Å²) < 4.78 is 5.89. The van der Waals surface area contributed by atoms with Crippen molar-refractivity contribution >= 4 is 11.8 Å². The molecule has 34 heavy (non-hydrogen) atoms. The molecule has 4 unspecified atom stereocenters. The van der Waals surface area contributed by atoms with Crippen molar-refractivity contribution in [3.05, 3.63) is 0 Å². The smallest absolute Gasteiger partial charge is 0.302 e. The molecule has 0 saturated heterocycles. The third-order valence-electron chi connectivity index (χ3n) is 13.6. The van der Waals surface area contributed by atoms with E-state index in [1.807, 2.05) is 6.92 Å². The number of hydrogen-bond acceptors (Lipinski definition) is 3. The fraction of sp³-hybridized carbons (Fsp3) is 0.935. The van der Waals surface area contributed by atoms with Crippen molar-refractivity contribution in [3.63, 3.8) is 0 Å². The van der Waals surface area contributed by atoms with Crippen LogP contribution in [0.4, 0.5) is 0 Å². The van der Waals surface area contributed by atoms with Crippen LogP contribution in [-0.4, -0.2) is 17.9 Å². The highest BCUT2D eigenvalue weighted by molar-refractivity contribution is 5.79. The molecule has 0 radical (unpaired) electrons. The summed E-state index contributed by atoms with van der Waals surface area (Å²) in [6.45, 7) is 18.6. The quantitative estimate of drug-likeness (QED) is 0.390. The van der Waals surface area contributed by atoms with E-state index in [-0.39, 0.29) is 17.5 Å². The predicted octanol–water partition coefficient (Wildman–Crippen LogP) is 7.61. The second-order valence-corrected chi connectivity index (χ2v) is 15.1. The van der Waals surface area contributed by atoms with Crippen LogP contribution >= 0.6 is 0 Å². The zero-order valence-corrected chi connectivity index (χ0v) is 23.3. The van der Waals surface area contributed by atoms with Gasteiger partial charge in [-0.3, -0.25) is 9.59 Å². The first-order valence-electron chi connectivity index (χ1n) is 14.4. The van der Waals surface area contributed by atoms with E-state index < -0.39 is 0 Å². The van der Waals surface area contributed by atoms with E-state index in [0.717, 1.165) is 18.8 Å². The Labute approximate surface area is 208 Å². The van der Waals surface area contributed by atoms with Crippen LogP contribution in [0.1, 0.15) is 120 Å². The molecule has 0 amide bonds. The maximum Gasteiger partial charge on any atom is 0.302 e. The van der Waals surface area contributed by atoms with E-state index in [0.29, 0.717) is 51.1 Å². The van der Waals surface area contributed by atoms with Gasteiger partial charge in [-0.1, -0.05) is 41.5 Å². The SMILES string of the molecule is CC(=O)O[C@H]1CC[C@@]2(C)C(CC[C@]3(C)C2CCC2C4[C@H](C(C)=O)CC[C@]4(C)CC[C@]23C)C1(C)C. The van der Waals surface area contributed by atoms with Crippen molar-refractivity contribution < 1.29 is 14.3 Å². The Morgan fingerprint density at radius 3 is 2.06 bits per heavy atom. The Kier molecular flexibility index (Phi) is 5.53. The highest BCUT2D eigenvalue weighted by Gasteiger charge is 2.70. The van der Waals surface area contributed by atoms with E-state index in [9.17, 15) is 9.59 Å². The average molecular weight is 471 g/mol. The summed E-state index contributed by atoms with van der Waals surface area (Å²) >= 11 is 0. The van der Waals surface area contributed by atoms with Gasteiger partial charge in [-0.2, -0.15) is 0 Å². The van der Waals surface area contributed by atoms with E-state index in [1.165, 1.54) is 51.4 Å². The molecular formula is C31H50O3. The lowest BCUT2D eigenvalue weighted by molar-refractivity contribution is -0.249. The van der Waals surface area contributed by atoms with Gasteiger partial charge in [0, 0.05) is 18.3 Å². The standard InChI is InChI=1S/C31H50O3/c1-19(32)21-11-14-28(5)17-18-30(7)22(26(21)28)9-10-24-29(6)15-13-25(34-20(2)33)27(3,4)23(29)12-16-31(24,30)8/h21-26H,9-18H2,1-8H3/t21-,22?,23?,24?,25-,26?,28+,29-,30+,31+/m0/s1. The summed E-state index contributed by atoms with van der Waals surface area (Å²) in [4.78, 5) is 24.6. The number of Topliss-reactive ketones (excluding diaryl/α,β-unsaturated/α-hetero) is 1. The van der Waals surface area contributed by atoms with Crippen LogP contribution < -0.4 is 0 Å². The maximum absolute atomic E-state index is 12.8. The Bertz CT molecular complexity index is 876. The molecule has 0 aromatic rings. The molecule has 0 bridgehead atoms. The van der Waals surface area contributed by atoms with E-state index >= 15 is 0 Å². The van der Waals surface area contributed by atoms with Crippen molar-refractivity contribution in [2.24, 2.45) is 56.7 Å². The molecule has 0 heterocycles.